The average molecular weight is 565 g/mol. The highest BCUT2D eigenvalue weighted by atomic mass is 35.5. The third-order valence-corrected chi connectivity index (χ3v) is 9.05. The van der Waals surface area contributed by atoms with Crippen LogP contribution in [0.15, 0.2) is 76.5 Å². The highest BCUT2D eigenvalue weighted by molar-refractivity contribution is 7.92. The number of rotatable bonds is 7. The molecule has 4 rings (SSSR count). The predicted octanol–water partition coefficient (Wildman–Crippen LogP) is 3.59. The molecule has 1 amide bonds. The number of sulfone groups is 1. The Morgan fingerprint density at radius 2 is 1.65 bits per heavy atom. The van der Waals surface area contributed by atoms with Gasteiger partial charge in [0, 0.05) is 11.3 Å². The predicted molar refractivity (Wildman–Crippen MR) is 140 cm³/mol. The Kier molecular flexibility index (Phi) is 7.40. The van der Waals surface area contributed by atoms with E-state index in [1.54, 1.807) is 25.1 Å². The van der Waals surface area contributed by atoms with Crippen molar-refractivity contribution in [2.75, 3.05) is 24.2 Å². The van der Waals surface area contributed by atoms with Crippen molar-refractivity contribution in [3.63, 3.8) is 0 Å². The lowest BCUT2D eigenvalue weighted by Crippen LogP contribution is -2.51. The van der Waals surface area contributed by atoms with Crippen LogP contribution >= 0.6 is 11.6 Å². The molecule has 0 aliphatic carbocycles. The number of ether oxygens (including phenoxy) is 2. The largest absolute Gasteiger partial charge is 0.497 e. The molecule has 37 heavy (non-hydrogen) atoms. The van der Waals surface area contributed by atoms with Crippen LogP contribution in [-0.2, 0) is 24.7 Å². The monoisotopic (exact) mass is 564 g/mol. The molecule has 3 aromatic carbocycles. The molecule has 1 heterocycles. The summed E-state index contributed by atoms with van der Waals surface area (Å²) in [5.41, 5.74) is 0.892. The molecule has 1 aliphatic heterocycles. The zero-order valence-corrected chi connectivity index (χ0v) is 22.6. The van der Waals surface area contributed by atoms with Crippen LogP contribution in [0.25, 0.3) is 0 Å². The number of benzene rings is 3. The molecule has 1 aliphatic rings. The minimum atomic E-state index is -4.08. The van der Waals surface area contributed by atoms with E-state index in [9.17, 15) is 21.6 Å². The average Bonchev–Trinajstić information content (AvgIpc) is 2.87. The molecule has 0 saturated heterocycles. The maximum Gasteiger partial charge on any atom is 0.264 e. The van der Waals surface area contributed by atoms with Crippen molar-refractivity contribution in [2.24, 2.45) is 0 Å². The molecule has 0 aromatic heterocycles. The van der Waals surface area contributed by atoms with E-state index in [1.165, 1.54) is 55.6 Å². The Morgan fingerprint density at radius 3 is 2.24 bits per heavy atom. The normalized spacial score (nSPS) is 16.3. The van der Waals surface area contributed by atoms with Gasteiger partial charge in [-0.25, -0.2) is 16.8 Å². The fourth-order valence-electron chi connectivity index (χ4n) is 3.86. The van der Waals surface area contributed by atoms with Crippen molar-refractivity contribution in [3.05, 3.63) is 77.3 Å². The van der Waals surface area contributed by atoms with Crippen molar-refractivity contribution < 1.29 is 31.1 Å². The van der Waals surface area contributed by atoms with E-state index in [-0.39, 0.29) is 27.8 Å². The van der Waals surface area contributed by atoms with E-state index >= 15 is 0 Å². The third-order valence-electron chi connectivity index (χ3n) is 5.90. The lowest BCUT2D eigenvalue weighted by molar-refractivity contribution is -0.128. The summed E-state index contributed by atoms with van der Waals surface area (Å²) in [6.45, 7) is 1.45. The van der Waals surface area contributed by atoms with Gasteiger partial charge >= 0.3 is 0 Å². The summed E-state index contributed by atoms with van der Waals surface area (Å²) in [6, 6.07) is 16.1. The van der Waals surface area contributed by atoms with Crippen LogP contribution in [0.4, 0.5) is 5.69 Å². The topological polar surface area (TPSA) is 119 Å². The number of nitrogens with one attached hydrogen (secondary N) is 1. The number of carbonyl (C=O) groups is 1. The summed E-state index contributed by atoms with van der Waals surface area (Å²) >= 11 is 6.14. The first kappa shape index (κ1) is 26.8. The number of fused-ring (bicyclic) bond motifs is 1. The van der Waals surface area contributed by atoms with Crippen LogP contribution < -0.4 is 19.1 Å². The number of nitrogens with zero attached hydrogens (tertiary/aromatic N) is 1. The first-order valence-electron chi connectivity index (χ1n) is 11.1. The summed E-state index contributed by atoms with van der Waals surface area (Å²) in [6.07, 6.45) is -0.0378. The summed E-state index contributed by atoms with van der Waals surface area (Å²) in [4.78, 5) is 13.4. The van der Waals surface area contributed by atoms with Gasteiger partial charge in [0.1, 0.15) is 11.5 Å². The van der Waals surface area contributed by atoms with Crippen molar-refractivity contribution in [1.29, 1.82) is 0 Å². The number of carbonyl (C=O) groups excluding carboxylic acids is 1. The fourth-order valence-corrected chi connectivity index (χ4v) is 6.12. The van der Waals surface area contributed by atoms with Gasteiger partial charge in [0.25, 0.3) is 15.9 Å². The number of methoxy groups -OCH3 is 1. The van der Waals surface area contributed by atoms with E-state index in [4.69, 9.17) is 21.1 Å². The second kappa shape index (κ2) is 10.2. The van der Waals surface area contributed by atoms with Gasteiger partial charge in [0.15, 0.2) is 15.9 Å². The highest BCUT2D eigenvalue weighted by Gasteiger charge is 2.38. The number of anilines is 1. The Balaban J connectivity index is 1.60. The lowest BCUT2D eigenvalue weighted by Gasteiger charge is -2.35. The minimum absolute atomic E-state index is 0.0135. The Hall–Kier alpha value is -3.28. The van der Waals surface area contributed by atoms with Gasteiger partial charge in [-0.2, -0.15) is 0 Å². The van der Waals surface area contributed by atoms with E-state index in [1.807, 2.05) is 0 Å². The number of halogens is 1. The van der Waals surface area contributed by atoms with Crippen LogP contribution in [0.1, 0.15) is 18.5 Å². The molecular formula is C25H25ClN2O7S2. The SMILES string of the molecule is COc1ccc(S(=O)(=O)N2C[C@@H](C(=O)N[C@@H](C)c3ccc(S(C)(=O)=O)cc3)Oc3ccc(Cl)cc32)cc1. The second-order valence-corrected chi connectivity index (χ2v) is 12.8. The number of sulfonamides is 1. The smallest absolute Gasteiger partial charge is 0.264 e. The van der Waals surface area contributed by atoms with Crippen LogP contribution in [0.5, 0.6) is 11.5 Å². The molecule has 0 unspecified atom stereocenters. The van der Waals surface area contributed by atoms with Crippen molar-refractivity contribution in [1.82, 2.24) is 5.32 Å². The first-order chi connectivity index (χ1) is 17.4. The summed E-state index contributed by atoms with van der Waals surface area (Å²) < 4.78 is 62.7. The number of amides is 1. The van der Waals surface area contributed by atoms with Crippen LogP contribution in [-0.4, -0.2) is 48.8 Å². The van der Waals surface area contributed by atoms with Gasteiger partial charge in [-0.3, -0.25) is 9.10 Å². The van der Waals surface area contributed by atoms with Gasteiger partial charge in [-0.15, -0.1) is 0 Å². The molecule has 0 radical (unpaired) electrons. The number of hydrogen-bond acceptors (Lipinski definition) is 7. The first-order valence-corrected chi connectivity index (χ1v) is 14.8. The van der Waals surface area contributed by atoms with Crippen molar-refractivity contribution in [2.45, 2.75) is 28.9 Å². The zero-order chi connectivity index (χ0) is 27.0. The minimum Gasteiger partial charge on any atom is -0.497 e. The Morgan fingerprint density at radius 1 is 1.03 bits per heavy atom. The molecule has 2 atom stereocenters. The molecule has 196 valence electrons. The second-order valence-electron chi connectivity index (χ2n) is 8.50. The maximum absolute atomic E-state index is 13.6. The quantitative estimate of drug-likeness (QED) is 0.466. The van der Waals surface area contributed by atoms with E-state index in [0.29, 0.717) is 16.3 Å². The molecule has 9 nitrogen and oxygen atoms in total. The van der Waals surface area contributed by atoms with Gasteiger partial charge in [-0.05, 0) is 67.1 Å². The van der Waals surface area contributed by atoms with Crippen LogP contribution in [0.3, 0.4) is 0 Å². The van der Waals surface area contributed by atoms with Gasteiger partial charge < -0.3 is 14.8 Å². The standard InChI is InChI=1S/C25H25ClN2O7S2/c1-16(17-4-9-20(10-5-17)36(3,30)31)27-25(29)24-15-28(22-14-18(26)6-13-23(22)35-24)37(32,33)21-11-7-19(34-2)8-12-21/h4-14,16,24H,15H2,1-3H3,(H,27,29)/t16-,24-/m0/s1. The maximum atomic E-state index is 13.6. The molecule has 0 bridgehead atoms. The van der Waals surface area contributed by atoms with E-state index in [2.05, 4.69) is 5.32 Å². The molecule has 12 heteroatoms. The lowest BCUT2D eigenvalue weighted by atomic mass is 10.1. The molecular weight excluding hydrogens is 540 g/mol. The zero-order valence-electron chi connectivity index (χ0n) is 20.2. The number of hydrogen-bond donors (Lipinski definition) is 1. The summed E-state index contributed by atoms with van der Waals surface area (Å²) in [5, 5.41) is 3.13. The molecule has 3 aromatic rings. The van der Waals surface area contributed by atoms with E-state index in [0.717, 1.165) is 10.6 Å². The van der Waals surface area contributed by atoms with Crippen LogP contribution in [0, 0.1) is 0 Å². The summed E-state index contributed by atoms with van der Waals surface area (Å²) in [7, 11) is -5.95. The van der Waals surface area contributed by atoms with Crippen molar-refractivity contribution >= 4 is 43.1 Å². The van der Waals surface area contributed by atoms with Gasteiger partial charge in [0.2, 0.25) is 0 Å². The van der Waals surface area contributed by atoms with Crippen LogP contribution in [0.2, 0.25) is 5.02 Å². The van der Waals surface area contributed by atoms with Crippen molar-refractivity contribution in [3.8, 4) is 11.5 Å². The molecule has 0 fully saturated rings. The van der Waals surface area contributed by atoms with Gasteiger partial charge in [-0.1, -0.05) is 23.7 Å². The summed E-state index contributed by atoms with van der Waals surface area (Å²) in [5.74, 6) is 0.161. The van der Waals surface area contributed by atoms with Gasteiger partial charge in [0.05, 0.1) is 35.2 Å². The highest BCUT2D eigenvalue weighted by Crippen LogP contribution is 2.39. The third kappa shape index (κ3) is 5.68. The molecule has 0 saturated carbocycles. The van der Waals surface area contributed by atoms with E-state index < -0.39 is 37.9 Å². The Labute approximate surface area is 220 Å². The fraction of sp³-hybridized carbons (Fsp3) is 0.240. The Bertz CT molecular complexity index is 1520. The molecule has 1 N–H and O–H groups in total. The molecule has 0 spiro atoms.